The number of oxazole rings is 1. The molecule has 0 atom stereocenters. The molecule has 20 heavy (non-hydrogen) atoms. The van der Waals surface area contributed by atoms with Gasteiger partial charge < -0.3 is 9.52 Å². The fraction of sp³-hybridized carbons (Fsp3) is 0.214. The van der Waals surface area contributed by atoms with Crippen LogP contribution in [0.5, 0.6) is 0 Å². The van der Waals surface area contributed by atoms with Crippen molar-refractivity contribution in [3.63, 3.8) is 0 Å². The minimum atomic E-state index is -4.33. The first-order valence-corrected chi connectivity index (χ1v) is 5.89. The average molecular weight is 283 g/mol. The molecule has 0 aliphatic carbocycles. The highest BCUT2D eigenvalue weighted by molar-refractivity contribution is 5.66. The van der Waals surface area contributed by atoms with E-state index < -0.39 is 11.7 Å². The molecule has 0 radical (unpaired) electrons. The molecular formula is C14H12F3NO2. The smallest absolute Gasteiger partial charge is 0.416 e. The van der Waals surface area contributed by atoms with E-state index in [1.165, 1.54) is 18.4 Å². The summed E-state index contributed by atoms with van der Waals surface area (Å²) >= 11 is 0. The van der Waals surface area contributed by atoms with Crippen LogP contribution in [0.4, 0.5) is 13.2 Å². The highest BCUT2D eigenvalue weighted by Gasteiger charge is 2.29. The molecule has 2 aromatic rings. The van der Waals surface area contributed by atoms with Gasteiger partial charge in [-0.1, -0.05) is 12.1 Å². The summed E-state index contributed by atoms with van der Waals surface area (Å²) in [6, 6.07) is 4.78. The lowest BCUT2D eigenvalue weighted by molar-refractivity contribution is -0.137. The predicted molar refractivity (Wildman–Crippen MR) is 67.7 cm³/mol. The first-order valence-electron chi connectivity index (χ1n) is 5.89. The Hall–Kier alpha value is -2.08. The second-order valence-electron chi connectivity index (χ2n) is 4.10. The van der Waals surface area contributed by atoms with E-state index in [4.69, 9.17) is 9.52 Å². The maximum Gasteiger partial charge on any atom is 0.416 e. The Morgan fingerprint density at radius 2 is 1.85 bits per heavy atom. The quantitative estimate of drug-likeness (QED) is 0.935. The Bertz CT molecular complexity index is 585. The van der Waals surface area contributed by atoms with Crippen molar-refractivity contribution >= 4 is 12.2 Å². The number of benzene rings is 1. The van der Waals surface area contributed by atoms with E-state index in [1.807, 2.05) is 0 Å². The summed E-state index contributed by atoms with van der Waals surface area (Å²) in [6.07, 6.45) is 0.669. The van der Waals surface area contributed by atoms with Crippen LogP contribution in [0.3, 0.4) is 0 Å². The Kier molecular flexibility index (Phi) is 4.24. The zero-order valence-electron chi connectivity index (χ0n) is 10.4. The molecule has 1 N–H and O–H groups in total. The lowest BCUT2D eigenvalue weighted by Gasteiger charge is -2.05. The number of alkyl halides is 3. The molecule has 0 unspecified atom stereocenters. The van der Waals surface area contributed by atoms with Gasteiger partial charge in [0.1, 0.15) is 6.26 Å². The predicted octanol–water partition coefficient (Wildman–Crippen LogP) is 3.40. The van der Waals surface area contributed by atoms with Crippen molar-refractivity contribution in [3.05, 3.63) is 53.2 Å². The summed E-state index contributed by atoms with van der Waals surface area (Å²) in [5.74, 6) is 0.341. The fourth-order valence-corrected chi connectivity index (χ4v) is 1.58. The maximum absolute atomic E-state index is 12.4. The first kappa shape index (κ1) is 14.3. The third-order valence-electron chi connectivity index (χ3n) is 2.59. The molecule has 0 bridgehead atoms. The Morgan fingerprint density at radius 1 is 1.15 bits per heavy atom. The Morgan fingerprint density at radius 3 is 2.45 bits per heavy atom. The molecule has 3 nitrogen and oxygen atoms in total. The van der Waals surface area contributed by atoms with E-state index in [2.05, 4.69) is 4.98 Å². The van der Waals surface area contributed by atoms with Crippen LogP contribution in [-0.2, 0) is 12.6 Å². The van der Waals surface area contributed by atoms with Gasteiger partial charge in [0.05, 0.1) is 11.3 Å². The van der Waals surface area contributed by atoms with Gasteiger partial charge >= 0.3 is 6.18 Å². The zero-order chi connectivity index (χ0) is 14.6. The molecule has 2 rings (SSSR count). The van der Waals surface area contributed by atoms with E-state index in [0.717, 1.165) is 12.1 Å². The van der Waals surface area contributed by atoms with Gasteiger partial charge in [0, 0.05) is 19.1 Å². The largest absolute Gasteiger partial charge is 0.445 e. The molecule has 1 aromatic carbocycles. The number of hydrogen-bond acceptors (Lipinski definition) is 3. The minimum Gasteiger partial charge on any atom is -0.445 e. The van der Waals surface area contributed by atoms with Crippen LogP contribution in [0.25, 0.3) is 12.2 Å². The highest BCUT2D eigenvalue weighted by atomic mass is 19.4. The van der Waals surface area contributed by atoms with Gasteiger partial charge in [0.2, 0.25) is 5.89 Å². The van der Waals surface area contributed by atoms with Crippen molar-refractivity contribution in [2.75, 3.05) is 6.61 Å². The topological polar surface area (TPSA) is 46.3 Å². The van der Waals surface area contributed by atoms with Crippen LogP contribution in [0.2, 0.25) is 0 Å². The van der Waals surface area contributed by atoms with Crippen molar-refractivity contribution in [2.24, 2.45) is 0 Å². The number of hydrogen-bond donors (Lipinski definition) is 1. The van der Waals surface area contributed by atoms with Gasteiger partial charge in [-0.3, -0.25) is 0 Å². The average Bonchev–Trinajstić information content (AvgIpc) is 2.84. The monoisotopic (exact) mass is 283 g/mol. The van der Waals surface area contributed by atoms with Crippen LogP contribution in [0, 0.1) is 0 Å². The van der Waals surface area contributed by atoms with Gasteiger partial charge in [0.25, 0.3) is 0 Å². The Labute approximate surface area is 113 Å². The number of aliphatic hydroxyl groups excluding tert-OH is 1. The zero-order valence-corrected chi connectivity index (χ0v) is 10.4. The minimum absolute atomic E-state index is 0.0193. The third kappa shape index (κ3) is 3.71. The summed E-state index contributed by atoms with van der Waals surface area (Å²) in [7, 11) is 0. The third-order valence-corrected chi connectivity index (χ3v) is 2.59. The van der Waals surface area contributed by atoms with Crippen LogP contribution >= 0.6 is 0 Å². The summed E-state index contributed by atoms with van der Waals surface area (Å²) < 4.78 is 42.3. The first-order chi connectivity index (χ1) is 9.49. The molecular weight excluding hydrogens is 271 g/mol. The molecule has 1 heterocycles. The van der Waals surface area contributed by atoms with Crippen molar-refractivity contribution < 1.29 is 22.7 Å². The number of aliphatic hydroxyl groups is 1. The molecule has 0 spiro atoms. The van der Waals surface area contributed by atoms with E-state index in [9.17, 15) is 13.2 Å². The number of nitrogens with zero attached hydrogens (tertiary/aromatic N) is 1. The van der Waals surface area contributed by atoms with Crippen molar-refractivity contribution in [1.29, 1.82) is 0 Å². The summed E-state index contributed by atoms with van der Waals surface area (Å²) in [5, 5.41) is 8.74. The molecule has 0 saturated carbocycles. The van der Waals surface area contributed by atoms with Gasteiger partial charge in [-0.05, 0) is 23.8 Å². The summed E-state index contributed by atoms with van der Waals surface area (Å²) in [5.41, 5.74) is 0.551. The molecule has 0 aliphatic heterocycles. The molecule has 0 aliphatic rings. The molecule has 1 aromatic heterocycles. The van der Waals surface area contributed by atoms with Gasteiger partial charge in [0.15, 0.2) is 0 Å². The van der Waals surface area contributed by atoms with Gasteiger partial charge in [-0.2, -0.15) is 13.2 Å². The Balaban J connectivity index is 2.07. The standard InChI is InChI=1S/C14H12F3NO2/c15-14(16,17)11-4-1-10(2-5-11)3-6-13-18-12(7-8-19)9-20-13/h1-6,9,19H,7-8H2. The highest BCUT2D eigenvalue weighted by Crippen LogP contribution is 2.29. The van der Waals surface area contributed by atoms with Crippen molar-refractivity contribution in [1.82, 2.24) is 4.98 Å². The normalized spacial score (nSPS) is 12.2. The lowest BCUT2D eigenvalue weighted by Crippen LogP contribution is -2.03. The van der Waals surface area contributed by atoms with Crippen molar-refractivity contribution in [2.45, 2.75) is 12.6 Å². The van der Waals surface area contributed by atoms with Crippen molar-refractivity contribution in [3.8, 4) is 0 Å². The molecule has 0 fully saturated rings. The van der Waals surface area contributed by atoms with Crippen LogP contribution in [0.1, 0.15) is 22.7 Å². The van der Waals surface area contributed by atoms with Crippen LogP contribution in [-0.4, -0.2) is 16.7 Å². The molecule has 0 saturated heterocycles. The van der Waals surface area contributed by atoms with E-state index in [0.29, 0.717) is 23.6 Å². The van der Waals surface area contributed by atoms with Gasteiger partial charge in [-0.25, -0.2) is 4.98 Å². The number of aromatic nitrogens is 1. The maximum atomic E-state index is 12.4. The second-order valence-corrected chi connectivity index (χ2v) is 4.10. The number of halogens is 3. The molecule has 106 valence electrons. The summed E-state index contributed by atoms with van der Waals surface area (Å²) in [4.78, 5) is 4.08. The van der Waals surface area contributed by atoms with Gasteiger partial charge in [-0.15, -0.1) is 0 Å². The number of rotatable bonds is 4. The van der Waals surface area contributed by atoms with Crippen LogP contribution < -0.4 is 0 Å². The van der Waals surface area contributed by atoms with E-state index >= 15 is 0 Å². The van der Waals surface area contributed by atoms with E-state index in [-0.39, 0.29) is 6.61 Å². The molecule has 6 heteroatoms. The SMILES string of the molecule is OCCc1coc(C=Cc2ccc(C(F)(F)F)cc2)n1. The van der Waals surface area contributed by atoms with E-state index in [1.54, 1.807) is 12.2 Å². The second kappa shape index (κ2) is 5.92. The lowest BCUT2D eigenvalue weighted by atomic mass is 10.1. The summed E-state index contributed by atoms with van der Waals surface area (Å²) in [6.45, 7) is -0.0193. The molecule has 0 amide bonds. The van der Waals surface area contributed by atoms with Crippen LogP contribution in [0.15, 0.2) is 34.9 Å². The fourth-order valence-electron chi connectivity index (χ4n) is 1.58.